The maximum Gasteiger partial charge on any atom is 0.289 e. The zero-order valence-corrected chi connectivity index (χ0v) is 10.1. The van der Waals surface area contributed by atoms with Crippen LogP contribution in [0.2, 0.25) is 0 Å². The van der Waals surface area contributed by atoms with Crippen LogP contribution in [0, 0.1) is 0 Å². The van der Waals surface area contributed by atoms with Crippen molar-refractivity contribution in [2.75, 3.05) is 18.8 Å². The molecule has 2 rings (SSSR count). The minimum atomic E-state index is -0.0214. The summed E-state index contributed by atoms with van der Waals surface area (Å²) in [6.45, 7) is 4.06. The SMILES string of the molecule is CC1CN(C(=O)c2ccc(CN)o2)CCS1. The average Bonchev–Trinajstić information content (AvgIpc) is 2.76. The molecule has 1 amide bonds. The molecule has 0 aromatic carbocycles. The predicted octanol–water partition coefficient (Wildman–Crippen LogP) is 1.32. The van der Waals surface area contributed by atoms with E-state index in [-0.39, 0.29) is 5.91 Å². The molecule has 1 fully saturated rings. The molecule has 1 atom stereocenters. The van der Waals surface area contributed by atoms with Gasteiger partial charge in [0.2, 0.25) is 0 Å². The summed E-state index contributed by atoms with van der Waals surface area (Å²) in [5.74, 6) is 2.03. The molecule has 0 spiro atoms. The summed E-state index contributed by atoms with van der Waals surface area (Å²) in [4.78, 5) is 13.9. The molecule has 0 radical (unpaired) electrons. The molecule has 2 N–H and O–H groups in total. The number of rotatable bonds is 2. The fraction of sp³-hybridized carbons (Fsp3) is 0.545. The van der Waals surface area contributed by atoms with Crippen molar-refractivity contribution >= 4 is 17.7 Å². The first-order chi connectivity index (χ1) is 7.70. The van der Waals surface area contributed by atoms with Gasteiger partial charge in [-0.15, -0.1) is 0 Å². The number of carbonyl (C=O) groups excluding carboxylic acids is 1. The minimum absolute atomic E-state index is 0.0214. The van der Waals surface area contributed by atoms with Crippen molar-refractivity contribution < 1.29 is 9.21 Å². The first-order valence-corrected chi connectivity index (χ1v) is 6.45. The van der Waals surface area contributed by atoms with Gasteiger partial charge in [-0.3, -0.25) is 4.79 Å². The predicted molar refractivity (Wildman–Crippen MR) is 64.4 cm³/mol. The summed E-state index contributed by atoms with van der Waals surface area (Å²) >= 11 is 1.90. The monoisotopic (exact) mass is 240 g/mol. The third-order valence-electron chi connectivity index (χ3n) is 2.60. The molecule has 1 aliphatic heterocycles. The molecule has 0 bridgehead atoms. The van der Waals surface area contributed by atoms with E-state index in [1.807, 2.05) is 16.7 Å². The van der Waals surface area contributed by atoms with Gasteiger partial charge in [-0.2, -0.15) is 11.8 Å². The van der Waals surface area contributed by atoms with Crippen molar-refractivity contribution in [2.24, 2.45) is 5.73 Å². The Balaban J connectivity index is 2.06. The third kappa shape index (κ3) is 2.41. The second kappa shape index (κ2) is 4.93. The van der Waals surface area contributed by atoms with E-state index in [0.717, 1.165) is 18.8 Å². The Morgan fingerprint density at radius 3 is 3.12 bits per heavy atom. The number of carbonyl (C=O) groups is 1. The van der Waals surface area contributed by atoms with Gasteiger partial charge in [0, 0.05) is 24.1 Å². The van der Waals surface area contributed by atoms with Crippen LogP contribution in [0.4, 0.5) is 0 Å². The molecule has 0 saturated carbocycles. The van der Waals surface area contributed by atoms with Crippen LogP contribution in [0.3, 0.4) is 0 Å². The van der Waals surface area contributed by atoms with Gasteiger partial charge in [0.1, 0.15) is 5.76 Å². The van der Waals surface area contributed by atoms with Crippen LogP contribution in [-0.2, 0) is 6.54 Å². The van der Waals surface area contributed by atoms with Gasteiger partial charge in [-0.1, -0.05) is 6.92 Å². The van der Waals surface area contributed by atoms with Gasteiger partial charge in [0.25, 0.3) is 5.91 Å². The number of amides is 1. The molecule has 1 aromatic heterocycles. The lowest BCUT2D eigenvalue weighted by molar-refractivity contribution is 0.0729. The fourth-order valence-corrected chi connectivity index (χ4v) is 2.77. The van der Waals surface area contributed by atoms with Crippen LogP contribution < -0.4 is 5.73 Å². The van der Waals surface area contributed by atoms with E-state index in [1.54, 1.807) is 12.1 Å². The van der Waals surface area contributed by atoms with Gasteiger partial charge in [0.15, 0.2) is 5.76 Å². The van der Waals surface area contributed by atoms with E-state index in [9.17, 15) is 4.79 Å². The van der Waals surface area contributed by atoms with Crippen molar-refractivity contribution in [3.63, 3.8) is 0 Å². The Labute approximate surface area is 99.2 Å². The van der Waals surface area contributed by atoms with E-state index < -0.39 is 0 Å². The second-order valence-electron chi connectivity index (χ2n) is 3.90. The van der Waals surface area contributed by atoms with Crippen LogP contribution in [0.1, 0.15) is 23.2 Å². The maximum atomic E-state index is 12.1. The normalized spacial score (nSPS) is 21.1. The smallest absolute Gasteiger partial charge is 0.289 e. The Bertz CT molecular complexity index is 378. The molecule has 1 aliphatic rings. The van der Waals surface area contributed by atoms with E-state index >= 15 is 0 Å². The average molecular weight is 240 g/mol. The van der Waals surface area contributed by atoms with Gasteiger partial charge in [-0.25, -0.2) is 0 Å². The molecular formula is C11H16N2O2S. The molecule has 88 valence electrons. The summed E-state index contributed by atoms with van der Waals surface area (Å²) < 4.78 is 5.36. The van der Waals surface area contributed by atoms with Crippen LogP contribution in [0.5, 0.6) is 0 Å². The van der Waals surface area contributed by atoms with E-state index in [2.05, 4.69) is 6.92 Å². The number of nitrogens with two attached hydrogens (primary N) is 1. The second-order valence-corrected chi connectivity index (χ2v) is 5.45. The van der Waals surface area contributed by atoms with E-state index in [4.69, 9.17) is 10.2 Å². The van der Waals surface area contributed by atoms with Crippen molar-refractivity contribution in [1.29, 1.82) is 0 Å². The highest BCUT2D eigenvalue weighted by molar-refractivity contribution is 7.99. The number of hydrogen-bond donors (Lipinski definition) is 1. The summed E-state index contributed by atoms with van der Waals surface area (Å²) in [5, 5.41) is 0.502. The highest BCUT2D eigenvalue weighted by atomic mass is 32.2. The molecular weight excluding hydrogens is 224 g/mol. The molecule has 1 saturated heterocycles. The van der Waals surface area contributed by atoms with Crippen LogP contribution >= 0.6 is 11.8 Å². The summed E-state index contributed by atoms with van der Waals surface area (Å²) in [5.41, 5.74) is 5.44. The number of nitrogens with zero attached hydrogens (tertiary/aromatic N) is 1. The van der Waals surface area contributed by atoms with Crippen LogP contribution in [-0.4, -0.2) is 34.9 Å². The van der Waals surface area contributed by atoms with Crippen molar-refractivity contribution in [2.45, 2.75) is 18.7 Å². The molecule has 4 nitrogen and oxygen atoms in total. The van der Waals surface area contributed by atoms with Crippen molar-refractivity contribution in [3.05, 3.63) is 23.7 Å². The zero-order chi connectivity index (χ0) is 11.5. The molecule has 1 unspecified atom stereocenters. The lowest BCUT2D eigenvalue weighted by Crippen LogP contribution is -2.40. The van der Waals surface area contributed by atoms with Gasteiger partial charge >= 0.3 is 0 Å². The highest BCUT2D eigenvalue weighted by Gasteiger charge is 2.24. The largest absolute Gasteiger partial charge is 0.455 e. The molecule has 16 heavy (non-hydrogen) atoms. The van der Waals surface area contributed by atoms with Crippen molar-refractivity contribution in [3.8, 4) is 0 Å². The lowest BCUT2D eigenvalue weighted by Gasteiger charge is -2.29. The highest BCUT2D eigenvalue weighted by Crippen LogP contribution is 2.20. The van der Waals surface area contributed by atoms with E-state index in [0.29, 0.717) is 23.3 Å². The first-order valence-electron chi connectivity index (χ1n) is 5.40. The number of thioether (sulfide) groups is 1. The third-order valence-corrected chi connectivity index (χ3v) is 3.74. The van der Waals surface area contributed by atoms with Crippen LogP contribution in [0.25, 0.3) is 0 Å². The summed E-state index contributed by atoms with van der Waals surface area (Å²) in [7, 11) is 0. The quantitative estimate of drug-likeness (QED) is 0.847. The Morgan fingerprint density at radius 1 is 1.69 bits per heavy atom. The Hall–Kier alpha value is -0.940. The maximum absolute atomic E-state index is 12.1. The Morgan fingerprint density at radius 2 is 2.50 bits per heavy atom. The fourth-order valence-electron chi connectivity index (χ4n) is 1.76. The molecule has 2 heterocycles. The van der Waals surface area contributed by atoms with E-state index in [1.165, 1.54) is 0 Å². The topological polar surface area (TPSA) is 59.5 Å². The Kier molecular flexibility index (Phi) is 3.56. The van der Waals surface area contributed by atoms with Crippen molar-refractivity contribution in [1.82, 2.24) is 4.90 Å². The minimum Gasteiger partial charge on any atom is -0.455 e. The first kappa shape index (κ1) is 11.5. The molecule has 1 aromatic rings. The van der Waals surface area contributed by atoms with Gasteiger partial charge < -0.3 is 15.1 Å². The van der Waals surface area contributed by atoms with Gasteiger partial charge in [-0.05, 0) is 12.1 Å². The zero-order valence-electron chi connectivity index (χ0n) is 9.31. The molecule has 5 heteroatoms. The van der Waals surface area contributed by atoms with Crippen LogP contribution in [0.15, 0.2) is 16.5 Å². The molecule has 0 aliphatic carbocycles. The lowest BCUT2D eigenvalue weighted by atomic mass is 10.3. The van der Waals surface area contributed by atoms with Gasteiger partial charge in [0.05, 0.1) is 6.54 Å². The summed E-state index contributed by atoms with van der Waals surface area (Å²) in [6, 6.07) is 3.46. The standard InChI is InChI=1S/C11H16N2O2S/c1-8-7-13(4-5-16-8)11(14)10-3-2-9(6-12)15-10/h2-3,8H,4-7,12H2,1H3. The number of furan rings is 1. The summed E-state index contributed by atoms with van der Waals surface area (Å²) in [6.07, 6.45) is 0. The number of hydrogen-bond acceptors (Lipinski definition) is 4.